The second-order valence-electron chi connectivity index (χ2n) is 9.96. The minimum absolute atomic E-state index is 0.0425. The molecule has 1 aromatic carbocycles. The maximum Gasteiger partial charge on any atom is 0.155 e. The van der Waals surface area contributed by atoms with Gasteiger partial charge in [0.25, 0.3) is 0 Å². The Kier molecular flexibility index (Phi) is 12.4. The summed E-state index contributed by atoms with van der Waals surface area (Å²) in [4.78, 5) is 10.4. The van der Waals surface area contributed by atoms with Gasteiger partial charge in [0.05, 0.1) is 0 Å². The van der Waals surface area contributed by atoms with Crippen LogP contribution in [0.3, 0.4) is 0 Å². The maximum absolute atomic E-state index is 6.71. The average Bonchev–Trinajstić information content (AvgIpc) is 3.11. The van der Waals surface area contributed by atoms with Crippen molar-refractivity contribution in [3.63, 3.8) is 0 Å². The fourth-order valence-corrected chi connectivity index (χ4v) is 5.50. The molecule has 2 atom stereocenters. The number of hydrogen-bond acceptors (Lipinski definition) is 1. The molecule has 2 aliphatic rings. The first-order chi connectivity index (χ1) is 19.5. The lowest BCUT2D eigenvalue weighted by Gasteiger charge is -2.18. The molecule has 208 valence electrons. The van der Waals surface area contributed by atoms with Crippen molar-refractivity contribution in [2.75, 3.05) is 6.54 Å². The fourth-order valence-electron chi connectivity index (χ4n) is 5.28. The van der Waals surface area contributed by atoms with Crippen molar-refractivity contribution < 1.29 is 0 Å². The summed E-state index contributed by atoms with van der Waals surface area (Å²) in [6.07, 6.45) is 32.3. The zero-order chi connectivity index (χ0) is 28.9. The second kappa shape index (κ2) is 15.9. The molecule has 0 spiro atoms. The van der Waals surface area contributed by atoms with Gasteiger partial charge in [-0.25, -0.2) is 4.99 Å². The molecule has 2 nitrogen and oxygen atoms in total. The number of aliphatic imine (C=N–C) groups is 2. The normalized spacial score (nSPS) is 19.6. The summed E-state index contributed by atoms with van der Waals surface area (Å²) >= 11 is 6.71. The number of hydrogen-bond donors (Lipinski definition) is 0. The van der Waals surface area contributed by atoms with Crippen molar-refractivity contribution in [2.45, 2.75) is 58.8 Å². The summed E-state index contributed by atoms with van der Waals surface area (Å²) < 4.78 is 0. The summed E-state index contributed by atoms with van der Waals surface area (Å²) in [5.74, 6) is 1.07. The maximum atomic E-state index is 6.71. The average molecular weight is 551 g/mol. The number of allylic oxidation sites excluding steroid dienone is 14. The lowest BCUT2D eigenvalue weighted by atomic mass is 9.89. The van der Waals surface area contributed by atoms with Crippen LogP contribution in [0.25, 0.3) is 11.6 Å². The Labute approximate surface area is 247 Å². The van der Waals surface area contributed by atoms with E-state index in [4.69, 9.17) is 21.6 Å². The van der Waals surface area contributed by atoms with E-state index in [0.29, 0.717) is 6.54 Å². The van der Waals surface area contributed by atoms with E-state index >= 15 is 0 Å². The molecule has 0 N–H and O–H groups in total. The molecule has 0 radical (unpaired) electrons. The highest BCUT2D eigenvalue weighted by atomic mass is 35.5. The Bertz CT molecular complexity index is 1350. The molecule has 0 aliphatic heterocycles. The van der Waals surface area contributed by atoms with Crippen LogP contribution in [0.5, 0.6) is 0 Å². The molecule has 40 heavy (non-hydrogen) atoms. The summed E-state index contributed by atoms with van der Waals surface area (Å²) in [7, 11) is 0. The molecular formula is C37H43ClN2. The van der Waals surface area contributed by atoms with Gasteiger partial charge in [-0.2, -0.15) is 0 Å². The third-order valence-electron chi connectivity index (χ3n) is 7.31. The third-order valence-corrected chi connectivity index (χ3v) is 7.61. The number of alkyl halides is 1. The molecule has 0 amide bonds. The van der Waals surface area contributed by atoms with E-state index in [1.165, 1.54) is 27.8 Å². The van der Waals surface area contributed by atoms with Crippen LogP contribution in [0.4, 0.5) is 0 Å². The van der Waals surface area contributed by atoms with Crippen LogP contribution in [-0.4, -0.2) is 23.5 Å². The van der Waals surface area contributed by atoms with Crippen LogP contribution in [0.15, 0.2) is 114 Å². The highest BCUT2D eigenvalue weighted by Crippen LogP contribution is 2.44. The van der Waals surface area contributed by atoms with E-state index in [-0.39, 0.29) is 11.3 Å². The summed E-state index contributed by atoms with van der Waals surface area (Å²) in [5.41, 5.74) is 9.60. The van der Waals surface area contributed by atoms with E-state index < -0.39 is 0 Å². The zero-order valence-corrected chi connectivity index (χ0v) is 25.3. The number of halogens is 1. The second-order valence-corrected chi connectivity index (χ2v) is 10.6. The molecule has 3 heteroatoms. The third kappa shape index (κ3) is 7.79. The number of rotatable bonds is 11. The minimum Gasteiger partial charge on any atom is -0.266 e. The van der Waals surface area contributed by atoms with Gasteiger partial charge in [0.1, 0.15) is 0 Å². The van der Waals surface area contributed by atoms with E-state index in [2.05, 4.69) is 95.5 Å². The van der Waals surface area contributed by atoms with Gasteiger partial charge in [0.2, 0.25) is 0 Å². The van der Waals surface area contributed by atoms with Crippen molar-refractivity contribution in [1.82, 2.24) is 0 Å². The SMILES string of the molecule is C=C/C=C\C=C/CCN=C(N=C(CC)C1=CCC=CC=C1)c1cc2c(c(/C=C\C=C)c1C)/C(=C/C)C(C(C)Cl)C2. The van der Waals surface area contributed by atoms with Gasteiger partial charge in [0.15, 0.2) is 5.84 Å². The van der Waals surface area contributed by atoms with Gasteiger partial charge >= 0.3 is 0 Å². The Morgan fingerprint density at radius 3 is 2.65 bits per heavy atom. The molecule has 0 saturated heterocycles. The standard InChI is InChI=1S/C37H43ClN2/c1-7-11-13-14-17-20-24-39-37(40-35(10-4)29-21-18-15-16-19-22-29)33-25-30-26-34(28(6)38)31(9-3)36(30)32(27(33)5)23-12-8-2/h7-9,11-18,21-23,25,28,34H,1-2,10,19-20,24,26H2,3-6H3/b13-11-,17-14-,23-12-,31-9+,39-37?,40-35?. The molecule has 0 heterocycles. The van der Waals surface area contributed by atoms with Gasteiger partial charge in [-0.1, -0.05) is 105 Å². The zero-order valence-electron chi connectivity index (χ0n) is 24.5. The van der Waals surface area contributed by atoms with E-state index in [1.807, 2.05) is 30.4 Å². The Balaban J connectivity index is 2.19. The first-order valence-electron chi connectivity index (χ1n) is 14.3. The molecule has 0 bridgehead atoms. The summed E-state index contributed by atoms with van der Waals surface area (Å²) in [5, 5.41) is 0.0425. The van der Waals surface area contributed by atoms with Gasteiger partial charge in [-0.15, -0.1) is 11.6 Å². The molecule has 2 aliphatic carbocycles. The molecule has 0 aromatic heterocycles. The van der Waals surface area contributed by atoms with Crippen LogP contribution in [-0.2, 0) is 6.42 Å². The van der Waals surface area contributed by atoms with Gasteiger partial charge in [0, 0.05) is 29.1 Å². The van der Waals surface area contributed by atoms with Gasteiger partial charge in [-0.05, 0) is 85.9 Å². The highest BCUT2D eigenvalue weighted by Gasteiger charge is 2.33. The van der Waals surface area contributed by atoms with Crippen LogP contribution in [0.2, 0.25) is 0 Å². The molecule has 0 saturated carbocycles. The topological polar surface area (TPSA) is 24.7 Å². The quantitative estimate of drug-likeness (QED) is 0.0860. The van der Waals surface area contributed by atoms with Crippen molar-refractivity contribution in [1.29, 1.82) is 0 Å². The van der Waals surface area contributed by atoms with Crippen molar-refractivity contribution >= 4 is 34.8 Å². The highest BCUT2D eigenvalue weighted by molar-refractivity contribution is 6.21. The number of nitrogens with zero attached hydrogens (tertiary/aromatic N) is 2. The predicted octanol–water partition coefficient (Wildman–Crippen LogP) is 10.1. The fraction of sp³-hybridized carbons (Fsp3) is 0.297. The van der Waals surface area contributed by atoms with Crippen LogP contribution >= 0.6 is 11.6 Å². The Morgan fingerprint density at radius 2 is 1.95 bits per heavy atom. The molecular weight excluding hydrogens is 508 g/mol. The van der Waals surface area contributed by atoms with E-state index in [1.54, 1.807) is 6.08 Å². The first-order valence-corrected chi connectivity index (χ1v) is 14.8. The predicted molar refractivity (Wildman–Crippen MR) is 180 cm³/mol. The molecule has 2 unspecified atom stereocenters. The van der Waals surface area contributed by atoms with E-state index in [0.717, 1.165) is 48.4 Å². The van der Waals surface area contributed by atoms with Gasteiger partial charge < -0.3 is 0 Å². The number of fused-ring (bicyclic) bond motifs is 1. The summed E-state index contributed by atoms with van der Waals surface area (Å²) in [6, 6.07) is 2.32. The summed E-state index contributed by atoms with van der Waals surface area (Å²) in [6.45, 7) is 16.9. The molecule has 3 rings (SSSR count). The van der Waals surface area contributed by atoms with Crippen LogP contribution < -0.4 is 0 Å². The van der Waals surface area contributed by atoms with Gasteiger partial charge in [-0.3, -0.25) is 4.99 Å². The lowest BCUT2D eigenvalue weighted by Crippen LogP contribution is -2.10. The molecule has 1 aromatic rings. The lowest BCUT2D eigenvalue weighted by molar-refractivity contribution is 0.676. The van der Waals surface area contributed by atoms with E-state index in [9.17, 15) is 0 Å². The van der Waals surface area contributed by atoms with Crippen LogP contribution in [0.1, 0.15) is 67.9 Å². The monoisotopic (exact) mass is 550 g/mol. The Hall–Kier alpha value is -3.49. The first kappa shape index (κ1) is 31.0. The van der Waals surface area contributed by atoms with Crippen molar-refractivity contribution in [2.24, 2.45) is 15.9 Å². The van der Waals surface area contributed by atoms with Crippen LogP contribution in [0, 0.1) is 12.8 Å². The smallest absolute Gasteiger partial charge is 0.155 e. The van der Waals surface area contributed by atoms with Crippen molar-refractivity contribution in [3.05, 3.63) is 132 Å². The number of amidine groups is 1. The minimum atomic E-state index is 0.0425. The largest absolute Gasteiger partial charge is 0.266 e. The molecule has 0 fully saturated rings. The number of benzene rings is 1. The Morgan fingerprint density at radius 1 is 1.15 bits per heavy atom. The van der Waals surface area contributed by atoms with Crippen molar-refractivity contribution in [3.8, 4) is 0 Å².